The van der Waals surface area contributed by atoms with E-state index in [1.54, 1.807) is 4.52 Å². The van der Waals surface area contributed by atoms with Gasteiger partial charge in [0, 0.05) is 23.4 Å². The second kappa shape index (κ2) is 6.08. The van der Waals surface area contributed by atoms with Gasteiger partial charge in [-0.2, -0.15) is 5.10 Å². The maximum Gasteiger partial charge on any atom is 0.157 e. The molecule has 4 rings (SSSR count). The molecule has 2 aromatic carbocycles. The van der Waals surface area contributed by atoms with Gasteiger partial charge in [-0.25, -0.2) is 14.5 Å². The highest BCUT2D eigenvalue weighted by atomic mass is 15.3. The molecule has 0 fully saturated rings. The van der Waals surface area contributed by atoms with Crippen molar-refractivity contribution in [3.8, 4) is 0 Å². The van der Waals surface area contributed by atoms with Crippen molar-refractivity contribution >= 4 is 17.0 Å². The van der Waals surface area contributed by atoms with Gasteiger partial charge in [-0.05, 0) is 13.0 Å². The van der Waals surface area contributed by atoms with E-state index in [0.717, 1.165) is 34.0 Å². The smallest absolute Gasteiger partial charge is 0.157 e. The van der Waals surface area contributed by atoms with Gasteiger partial charge in [-0.15, -0.1) is 0 Å². The minimum Gasteiger partial charge on any atom is -0.248 e. The molecule has 2 heterocycles. The number of fused-ring (bicyclic) bond motifs is 1. The molecule has 116 valence electrons. The van der Waals surface area contributed by atoms with E-state index in [-0.39, 0.29) is 0 Å². The Morgan fingerprint density at radius 3 is 2.12 bits per heavy atom. The first-order valence-electron chi connectivity index (χ1n) is 7.82. The normalized spacial score (nSPS) is 10.7. The van der Waals surface area contributed by atoms with E-state index >= 15 is 0 Å². The van der Waals surface area contributed by atoms with Crippen molar-refractivity contribution in [2.45, 2.75) is 6.92 Å². The Kier molecular flexibility index (Phi) is 3.63. The van der Waals surface area contributed by atoms with Crippen LogP contribution in [0.4, 0.5) is 5.69 Å². The number of nitrogens with zero attached hydrogens (tertiary/aromatic N) is 4. The minimum atomic E-state index is 0.752. The van der Waals surface area contributed by atoms with Crippen LogP contribution in [0.5, 0.6) is 0 Å². The molecule has 0 aliphatic carbocycles. The molecule has 0 N–H and O–H groups in total. The van der Waals surface area contributed by atoms with E-state index in [1.807, 2.05) is 61.7 Å². The van der Waals surface area contributed by atoms with Crippen LogP contribution in [0.1, 0.15) is 17.0 Å². The van der Waals surface area contributed by atoms with E-state index in [0.29, 0.717) is 0 Å². The van der Waals surface area contributed by atoms with E-state index in [9.17, 15) is 0 Å². The van der Waals surface area contributed by atoms with Crippen LogP contribution in [0.2, 0.25) is 0 Å². The molecule has 0 saturated heterocycles. The summed E-state index contributed by atoms with van der Waals surface area (Å²) < 4.78 is 1.76. The Morgan fingerprint density at radius 2 is 1.50 bits per heavy atom. The lowest BCUT2D eigenvalue weighted by atomic mass is 10.0. The molecule has 24 heavy (non-hydrogen) atoms. The molecule has 0 aliphatic heterocycles. The highest BCUT2D eigenvalue weighted by Crippen LogP contribution is 2.19. The van der Waals surface area contributed by atoms with Crippen LogP contribution in [0, 0.1) is 6.92 Å². The summed E-state index contributed by atoms with van der Waals surface area (Å²) in [5.74, 6) is 0.752. The van der Waals surface area contributed by atoms with Crippen LogP contribution in [-0.4, -0.2) is 20.3 Å². The van der Waals surface area contributed by atoms with Gasteiger partial charge in [-0.3, -0.25) is 0 Å². The summed E-state index contributed by atoms with van der Waals surface area (Å²) in [4.78, 5) is 9.30. The first-order chi connectivity index (χ1) is 11.8. The molecule has 4 nitrogen and oxygen atoms in total. The predicted octanol–water partition coefficient (Wildman–Crippen LogP) is 4.21. The van der Waals surface area contributed by atoms with Gasteiger partial charge >= 0.3 is 0 Å². The Hall–Kier alpha value is -3.27. The molecule has 0 saturated carbocycles. The highest BCUT2D eigenvalue weighted by molar-refractivity contribution is 6.13. The lowest BCUT2D eigenvalue weighted by Gasteiger charge is -2.07. The third kappa shape index (κ3) is 2.82. The lowest BCUT2D eigenvalue weighted by Crippen LogP contribution is -2.02. The summed E-state index contributed by atoms with van der Waals surface area (Å²) in [5.41, 5.74) is 4.77. The van der Waals surface area contributed by atoms with Gasteiger partial charge < -0.3 is 0 Å². The van der Waals surface area contributed by atoms with Crippen molar-refractivity contribution in [2.75, 3.05) is 0 Å². The average Bonchev–Trinajstić information content (AvgIpc) is 3.00. The monoisotopic (exact) mass is 312 g/mol. The predicted molar refractivity (Wildman–Crippen MR) is 95.9 cm³/mol. The maximum atomic E-state index is 4.89. The Balaban J connectivity index is 1.86. The quantitative estimate of drug-likeness (QED) is 0.532. The largest absolute Gasteiger partial charge is 0.248 e. The van der Waals surface area contributed by atoms with Crippen LogP contribution >= 0.6 is 0 Å². The SMILES string of the molecule is Cc1nc2cc(N=C(c3ccccc3)c3ccccc3)ccn2n1. The number of aliphatic imine (C=N–C) groups is 1. The molecule has 2 aromatic heterocycles. The zero-order valence-electron chi connectivity index (χ0n) is 13.3. The summed E-state index contributed by atoms with van der Waals surface area (Å²) >= 11 is 0. The van der Waals surface area contributed by atoms with E-state index < -0.39 is 0 Å². The van der Waals surface area contributed by atoms with Gasteiger partial charge in [0.2, 0.25) is 0 Å². The zero-order valence-corrected chi connectivity index (χ0v) is 13.3. The van der Waals surface area contributed by atoms with Crippen molar-refractivity contribution < 1.29 is 0 Å². The van der Waals surface area contributed by atoms with Crippen LogP contribution in [0.3, 0.4) is 0 Å². The molecule has 0 bridgehead atoms. The van der Waals surface area contributed by atoms with Gasteiger partial charge in [0.1, 0.15) is 5.82 Å². The second-order valence-electron chi connectivity index (χ2n) is 5.54. The van der Waals surface area contributed by atoms with Crippen LogP contribution in [0.25, 0.3) is 5.65 Å². The molecule has 4 aromatic rings. The van der Waals surface area contributed by atoms with Crippen LogP contribution < -0.4 is 0 Å². The zero-order chi connectivity index (χ0) is 16.4. The van der Waals surface area contributed by atoms with Gasteiger partial charge in [0.05, 0.1) is 11.4 Å². The number of rotatable bonds is 3. The Bertz CT molecular complexity index is 960. The van der Waals surface area contributed by atoms with E-state index in [2.05, 4.69) is 34.3 Å². The molecule has 4 heteroatoms. The summed E-state index contributed by atoms with van der Waals surface area (Å²) in [5, 5.41) is 4.31. The van der Waals surface area contributed by atoms with Crippen LogP contribution in [0.15, 0.2) is 84.0 Å². The summed E-state index contributed by atoms with van der Waals surface area (Å²) in [6, 6.07) is 24.3. The number of aromatic nitrogens is 3. The Morgan fingerprint density at radius 1 is 0.875 bits per heavy atom. The number of benzene rings is 2. The lowest BCUT2D eigenvalue weighted by molar-refractivity contribution is 0.930. The molecule has 0 aliphatic rings. The first kappa shape index (κ1) is 14.3. The van der Waals surface area contributed by atoms with Crippen molar-refractivity contribution in [3.05, 3.63) is 95.9 Å². The first-order valence-corrected chi connectivity index (χ1v) is 7.82. The standard InChI is InChI=1S/C20H16N4/c1-15-21-19-14-18(12-13-24(19)23-15)22-20(16-8-4-2-5-9-16)17-10-6-3-7-11-17/h2-14H,1H3. The fourth-order valence-electron chi connectivity index (χ4n) is 2.67. The topological polar surface area (TPSA) is 42.5 Å². The van der Waals surface area contributed by atoms with Crippen molar-refractivity contribution in [2.24, 2.45) is 4.99 Å². The highest BCUT2D eigenvalue weighted by Gasteiger charge is 2.07. The molecular formula is C20H16N4. The number of pyridine rings is 1. The van der Waals surface area contributed by atoms with E-state index in [4.69, 9.17) is 4.99 Å². The minimum absolute atomic E-state index is 0.752. The van der Waals surface area contributed by atoms with E-state index in [1.165, 1.54) is 0 Å². The van der Waals surface area contributed by atoms with Crippen molar-refractivity contribution in [1.82, 2.24) is 14.6 Å². The van der Waals surface area contributed by atoms with Gasteiger partial charge in [0.15, 0.2) is 5.65 Å². The van der Waals surface area contributed by atoms with Crippen LogP contribution in [-0.2, 0) is 0 Å². The number of hydrogen-bond donors (Lipinski definition) is 0. The molecular weight excluding hydrogens is 296 g/mol. The molecule has 0 amide bonds. The Labute approximate surface area is 140 Å². The van der Waals surface area contributed by atoms with Crippen molar-refractivity contribution in [3.63, 3.8) is 0 Å². The van der Waals surface area contributed by atoms with Crippen molar-refractivity contribution in [1.29, 1.82) is 0 Å². The molecule has 0 spiro atoms. The summed E-state index contributed by atoms with van der Waals surface area (Å²) in [6.45, 7) is 1.88. The molecule has 0 atom stereocenters. The fourth-order valence-corrected chi connectivity index (χ4v) is 2.67. The molecule has 0 radical (unpaired) electrons. The fraction of sp³-hybridized carbons (Fsp3) is 0.0500. The number of hydrogen-bond acceptors (Lipinski definition) is 3. The third-order valence-corrected chi connectivity index (χ3v) is 3.76. The third-order valence-electron chi connectivity index (χ3n) is 3.76. The molecule has 0 unspecified atom stereocenters. The van der Waals surface area contributed by atoms with Gasteiger partial charge in [0.25, 0.3) is 0 Å². The summed E-state index contributed by atoms with van der Waals surface area (Å²) in [7, 11) is 0. The summed E-state index contributed by atoms with van der Waals surface area (Å²) in [6.07, 6.45) is 1.89. The average molecular weight is 312 g/mol. The van der Waals surface area contributed by atoms with Gasteiger partial charge in [-0.1, -0.05) is 60.7 Å². The second-order valence-corrected chi connectivity index (χ2v) is 5.54. The number of aryl methyl sites for hydroxylation is 1. The maximum absolute atomic E-state index is 4.89.